The van der Waals surface area contributed by atoms with Gasteiger partial charge in [-0.1, -0.05) is 0 Å². The number of methoxy groups -OCH3 is 3. The van der Waals surface area contributed by atoms with Gasteiger partial charge in [0.1, 0.15) is 6.23 Å². The van der Waals surface area contributed by atoms with Crippen LogP contribution >= 0.6 is 0 Å². The van der Waals surface area contributed by atoms with E-state index in [9.17, 15) is 0 Å². The van der Waals surface area contributed by atoms with Crippen molar-refractivity contribution in [2.24, 2.45) is 0 Å². The van der Waals surface area contributed by atoms with Gasteiger partial charge in [0.15, 0.2) is 0 Å². The summed E-state index contributed by atoms with van der Waals surface area (Å²) >= 11 is 0. The molecule has 13 heavy (non-hydrogen) atoms. The number of rotatable bonds is 8. The van der Waals surface area contributed by atoms with E-state index in [0.29, 0.717) is 0 Å². The van der Waals surface area contributed by atoms with Gasteiger partial charge < -0.3 is 14.2 Å². The minimum Gasteiger partial charge on any atom is -0.383 e. The van der Waals surface area contributed by atoms with Gasteiger partial charge in [-0.25, -0.2) is 0 Å². The first-order chi connectivity index (χ1) is 6.26. The molecule has 0 spiro atoms. The maximum absolute atomic E-state index is 5.22. The molecule has 0 aliphatic heterocycles. The van der Waals surface area contributed by atoms with Crippen LogP contribution < -0.4 is 0 Å². The van der Waals surface area contributed by atoms with E-state index in [2.05, 4.69) is 4.90 Å². The van der Waals surface area contributed by atoms with Crippen LogP contribution in [0.25, 0.3) is 0 Å². The van der Waals surface area contributed by atoms with Crippen molar-refractivity contribution in [2.45, 2.75) is 13.2 Å². The Labute approximate surface area is 80.8 Å². The molecule has 0 N–H and O–H groups in total. The first-order valence-electron chi connectivity index (χ1n) is 4.51. The summed E-state index contributed by atoms with van der Waals surface area (Å²) in [5.74, 6) is 0. The minimum atomic E-state index is 0.116. The molecule has 0 aromatic rings. The summed E-state index contributed by atoms with van der Waals surface area (Å²) in [6.07, 6.45) is 0.116. The predicted molar refractivity (Wildman–Crippen MR) is 51.8 cm³/mol. The molecule has 1 unspecified atom stereocenters. The van der Waals surface area contributed by atoms with Gasteiger partial charge in [-0.3, -0.25) is 4.90 Å². The molecule has 0 aliphatic carbocycles. The van der Waals surface area contributed by atoms with Crippen molar-refractivity contribution in [3.63, 3.8) is 0 Å². The van der Waals surface area contributed by atoms with Crippen LogP contribution in [-0.2, 0) is 14.2 Å². The molecule has 4 nitrogen and oxygen atoms in total. The van der Waals surface area contributed by atoms with Crippen molar-refractivity contribution < 1.29 is 14.2 Å². The molecule has 0 saturated heterocycles. The Hall–Kier alpha value is -0.160. The Morgan fingerprint density at radius 3 is 1.77 bits per heavy atom. The summed E-state index contributed by atoms with van der Waals surface area (Å²) in [5, 5.41) is 0. The molecule has 0 bridgehead atoms. The van der Waals surface area contributed by atoms with Gasteiger partial charge in [-0.15, -0.1) is 0 Å². The second-order valence-corrected chi connectivity index (χ2v) is 2.86. The number of nitrogens with zero attached hydrogens (tertiary/aromatic N) is 1. The molecule has 0 radical (unpaired) electrons. The van der Waals surface area contributed by atoms with Crippen LogP contribution in [0.15, 0.2) is 0 Å². The minimum absolute atomic E-state index is 0.116. The molecule has 0 aromatic carbocycles. The Morgan fingerprint density at radius 2 is 1.46 bits per heavy atom. The third-order valence-corrected chi connectivity index (χ3v) is 2.02. The van der Waals surface area contributed by atoms with E-state index in [1.54, 1.807) is 21.3 Å². The molecule has 0 fully saturated rings. The van der Waals surface area contributed by atoms with E-state index in [4.69, 9.17) is 14.2 Å². The van der Waals surface area contributed by atoms with Crippen molar-refractivity contribution in [1.82, 2.24) is 4.90 Å². The van der Waals surface area contributed by atoms with Crippen LogP contribution in [0, 0.1) is 0 Å². The third-order valence-electron chi connectivity index (χ3n) is 2.02. The molecule has 0 aliphatic rings. The van der Waals surface area contributed by atoms with Crippen LogP contribution in [0.5, 0.6) is 0 Å². The summed E-state index contributed by atoms with van der Waals surface area (Å²) in [4.78, 5) is 2.17. The van der Waals surface area contributed by atoms with Crippen LogP contribution in [0.1, 0.15) is 6.92 Å². The summed E-state index contributed by atoms with van der Waals surface area (Å²) < 4.78 is 15.2. The zero-order chi connectivity index (χ0) is 10.1. The summed E-state index contributed by atoms with van der Waals surface area (Å²) in [5.41, 5.74) is 0. The van der Waals surface area contributed by atoms with Crippen LogP contribution in [0.2, 0.25) is 0 Å². The monoisotopic (exact) mass is 191 g/mol. The van der Waals surface area contributed by atoms with E-state index < -0.39 is 0 Å². The molecule has 0 heterocycles. The van der Waals surface area contributed by atoms with Crippen LogP contribution in [0.4, 0.5) is 0 Å². The fourth-order valence-electron chi connectivity index (χ4n) is 1.04. The zero-order valence-electron chi connectivity index (χ0n) is 9.08. The van der Waals surface area contributed by atoms with Crippen LogP contribution in [-0.4, -0.2) is 58.8 Å². The van der Waals surface area contributed by atoms with Gasteiger partial charge >= 0.3 is 0 Å². The summed E-state index contributed by atoms with van der Waals surface area (Å²) in [6.45, 7) is 5.20. The van der Waals surface area contributed by atoms with Gasteiger partial charge in [-0.2, -0.15) is 0 Å². The molecule has 4 heteroatoms. The van der Waals surface area contributed by atoms with Crippen molar-refractivity contribution >= 4 is 0 Å². The summed E-state index contributed by atoms with van der Waals surface area (Å²) in [7, 11) is 5.11. The highest BCUT2D eigenvalue weighted by atomic mass is 16.5. The fourth-order valence-corrected chi connectivity index (χ4v) is 1.04. The lowest BCUT2D eigenvalue weighted by molar-refractivity contribution is -0.0379. The van der Waals surface area contributed by atoms with Crippen molar-refractivity contribution in [1.29, 1.82) is 0 Å². The molecule has 0 aromatic heterocycles. The van der Waals surface area contributed by atoms with Crippen molar-refractivity contribution in [3.8, 4) is 0 Å². The van der Waals surface area contributed by atoms with E-state index in [1.165, 1.54) is 0 Å². The number of hydrogen-bond donors (Lipinski definition) is 0. The largest absolute Gasteiger partial charge is 0.383 e. The predicted octanol–water partition coefficient (Wildman–Crippen LogP) is 0.574. The number of hydrogen-bond acceptors (Lipinski definition) is 4. The van der Waals surface area contributed by atoms with E-state index >= 15 is 0 Å². The van der Waals surface area contributed by atoms with E-state index in [0.717, 1.165) is 26.3 Å². The third kappa shape index (κ3) is 5.99. The van der Waals surface area contributed by atoms with E-state index in [-0.39, 0.29) is 6.23 Å². The highest BCUT2D eigenvalue weighted by Gasteiger charge is 2.11. The zero-order valence-corrected chi connectivity index (χ0v) is 9.08. The van der Waals surface area contributed by atoms with Gasteiger partial charge in [0.05, 0.1) is 13.2 Å². The first kappa shape index (κ1) is 12.8. The van der Waals surface area contributed by atoms with Gasteiger partial charge in [0.2, 0.25) is 0 Å². The van der Waals surface area contributed by atoms with Crippen molar-refractivity contribution in [3.05, 3.63) is 0 Å². The second-order valence-electron chi connectivity index (χ2n) is 2.86. The molecule has 0 amide bonds. The molecular formula is C9H21NO3. The average Bonchev–Trinajstić information content (AvgIpc) is 2.17. The standard InChI is InChI=1S/C9H21NO3/c1-9(13-4)10(5-7-11-2)6-8-12-3/h9H,5-8H2,1-4H3. The Morgan fingerprint density at radius 1 is 1.00 bits per heavy atom. The van der Waals surface area contributed by atoms with E-state index in [1.807, 2.05) is 6.92 Å². The number of ether oxygens (including phenoxy) is 3. The molecule has 80 valence electrons. The Kier molecular flexibility index (Phi) is 8.33. The maximum Gasteiger partial charge on any atom is 0.107 e. The van der Waals surface area contributed by atoms with Crippen LogP contribution in [0.3, 0.4) is 0 Å². The highest BCUT2D eigenvalue weighted by molar-refractivity contribution is 4.58. The maximum atomic E-state index is 5.22. The Bertz CT molecular complexity index is 103. The van der Waals surface area contributed by atoms with Crippen molar-refractivity contribution in [2.75, 3.05) is 47.6 Å². The quantitative estimate of drug-likeness (QED) is 0.525. The second kappa shape index (κ2) is 8.44. The van der Waals surface area contributed by atoms with Gasteiger partial charge in [0, 0.05) is 34.4 Å². The lowest BCUT2D eigenvalue weighted by Crippen LogP contribution is -2.39. The molecule has 1 atom stereocenters. The lowest BCUT2D eigenvalue weighted by Gasteiger charge is -2.27. The highest BCUT2D eigenvalue weighted by Crippen LogP contribution is 1.98. The molecule has 0 rings (SSSR count). The summed E-state index contributed by atoms with van der Waals surface area (Å²) in [6, 6.07) is 0. The SMILES string of the molecule is COCCN(CCOC)C(C)OC. The fraction of sp³-hybridized carbons (Fsp3) is 1.00. The lowest BCUT2D eigenvalue weighted by atomic mass is 10.4. The topological polar surface area (TPSA) is 30.9 Å². The van der Waals surface area contributed by atoms with Gasteiger partial charge in [-0.05, 0) is 6.92 Å². The normalized spacial score (nSPS) is 13.6. The average molecular weight is 191 g/mol. The van der Waals surface area contributed by atoms with Gasteiger partial charge in [0.25, 0.3) is 0 Å². The molecule has 0 saturated carbocycles. The smallest absolute Gasteiger partial charge is 0.107 e. The first-order valence-corrected chi connectivity index (χ1v) is 4.51. The molecular weight excluding hydrogens is 170 g/mol. The Balaban J connectivity index is 3.72.